The SMILES string of the molecule is C[C@H]1CCCC[C@@H]1NC(=O)Cn1cnc2ccsc2c1=O. The van der Waals surface area contributed by atoms with Crippen LogP contribution in [0.2, 0.25) is 0 Å². The van der Waals surface area contributed by atoms with Gasteiger partial charge in [-0.15, -0.1) is 11.3 Å². The number of hydrogen-bond donors (Lipinski definition) is 1. The highest BCUT2D eigenvalue weighted by molar-refractivity contribution is 7.17. The van der Waals surface area contributed by atoms with Gasteiger partial charge in [0.05, 0.1) is 11.8 Å². The molecule has 6 heteroatoms. The number of nitrogens with one attached hydrogen (secondary N) is 1. The zero-order valence-corrected chi connectivity index (χ0v) is 12.9. The summed E-state index contributed by atoms with van der Waals surface area (Å²) in [5.74, 6) is 0.408. The van der Waals surface area contributed by atoms with Gasteiger partial charge in [0.1, 0.15) is 11.2 Å². The molecule has 0 radical (unpaired) electrons. The van der Waals surface area contributed by atoms with Crippen molar-refractivity contribution in [3.05, 3.63) is 28.1 Å². The van der Waals surface area contributed by atoms with E-state index < -0.39 is 0 Å². The topological polar surface area (TPSA) is 64.0 Å². The lowest BCUT2D eigenvalue weighted by atomic mass is 9.86. The first-order valence-electron chi connectivity index (χ1n) is 7.37. The van der Waals surface area contributed by atoms with Gasteiger partial charge >= 0.3 is 0 Å². The zero-order chi connectivity index (χ0) is 14.8. The number of hydrogen-bond acceptors (Lipinski definition) is 4. The van der Waals surface area contributed by atoms with E-state index >= 15 is 0 Å². The number of amides is 1. The van der Waals surface area contributed by atoms with Gasteiger partial charge in [-0.05, 0) is 30.2 Å². The number of thiophene rings is 1. The van der Waals surface area contributed by atoms with Gasteiger partial charge in [0.2, 0.25) is 5.91 Å². The molecule has 0 bridgehead atoms. The van der Waals surface area contributed by atoms with Crippen molar-refractivity contribution in [1.82, 2.24) is 14.9 Å². The van der Waals surface area contributed by atoms with Crippen molar-refractivity contribution >= 4 is 27.5 Å². The monoisotopic (exact) mass is 305 g/mol. The Bertz CT molecular complexity index is 706. The molecule has 1 aliphatic carbocycles. The van der Waals surface area contributed by atoms with Crippen molar-refractivity contribution in [2.75, 3.05) is 0 Å². The standard InChI is InChI=1S/C15H19N3O2S/c1-10-4-2-3-5-11(10)17-13(19)8-18-9-16-12-6-7-21-14(12)15(18)20/h6-7,9-11H,2-5,8H2,1H3,(H,17,19)/t10-,11-/m0/s1. The molecule has 2 aromatic rings. The minimum atomic E-state index is -0.137. The maximum Gasteiger partial charge on any atom is 0.271 e. The highest BCUT2D eigenvalue weighted by Crippen LogP contribution is 2.23. The quantitative estimate of drug-likeness (QED) is 0.945. The summed E-state index contributed by atoms with van der Waals surface area (Å²) in [7, 11) is 0. The van der Waals surface area contributed by atoms with Crippen LogP contribution in [0.4, 0.5) is 0 Å². The summed E-state index contributed by atoms with van der Waals surface area (Å²) >= 11 is 1.36. The largest absolute Gasteiger partial charge is 0.352 e. The second-order valence-corrected chi connectivity index (χ2v) is 6.66. The van der Waals surface area contributed by atoms with Crippen molar-refractivity contribution in [2.24, 2.45) is 5.92 Å². The fourth-order valence-electron chi connectivity index (χ4n) is 2.93. The zero-order valence-electron chi connectivity index (χ0n) is 12.0. The first-order valence-corrected chi connectivity index (χ1v) is 8.25. The van der Waals surface area contributed by atoms with E-state index in [0.717, 1.165) is 19.3 Å². The highest BCUT2D eigenvalue weighted by Gasteiger charge is 2.23. The summed E-state index contributed by atoms with van der Waals surface area (Å²) < 4.78 is 2.00. The summed E-state index contributed by atoms with van der Waals surface area (Å²) in [4.78, 5) is 28.6. The van der Waals surface area contributed by atoms with Crippen LogP contribution in [0.1, 0.15) is 32.6 Å². The third kappa shape index (κ3) is 3.00. The Kier molecular flexibility index (Phi) is 4.05. The number of nitrogens with zero attached hydrogens (tertiary/aromatic N) is 2. The number of carbonyl (C=O) groups excluding carboxylic acids is 1. The van der Waals surface area contributed by atoms with Gasteiger partial charge in [0.25, 0.3) is 5.56 Å². The van der Waals surface area contributed by atoms with Crippen LogP contribution in [-0.2, 0) is 11.3 Å². The van der Waals surface area contributed by atoms with Crippen molar-refractivity contribution < 1.29 is 4.79 Å². The molecule has 1 aliphatic rings. The Morgan fingerprint density at radius 2 is 2.29 bits per heavy atom. The van der Waals surface area contributed by atoms with Crippen LogP contribution in [0.15, 0.2) is 22.6 Å². The van der Waals surface area contributed by atoms with Gasteiger partial charge in [-0.2, -0.15) is 0 Å². The first kappa shape index (κ1) is 14.3. The smallest absolute Gasteiger partial charge is 0.271 e. The number of aromatic nitrogens is 2. The molecule has 0 aliphatic heterocycles. The minimum absolute atomic E-state index is 0.0445. The summed E-state index contributed by atoms with van der Waals surface area (Å²) in [6.07, 6.45) is 6.06. The molecule has 21 heavy (non-hydrogen) atoms. The molecule has 2 atom stereocenters. The van der Waals surface area contributed by atoms with Gasteiger partial charge in [-0.25, -0.2) is 4.98 Å². The fraction of sp³-hybridized carbons (Fsp3) is 0.533. The van der Waals surface area contributed by atoms with Crippen LogP contribution in [0, 0.1) is 5.92 Å². The van der Waals surface area contributed by atoms with E-state index in [1.165, 1.54) is 28.7 Å². The Hall–Kier alpha value is -1.69. The minimum Gasteiger partial charge on any atom is -0.352 e. The Morgan fingerprint density at radius 3 is 3.10 bits per heavy atom. The van der Waals surface area contributed by atoms with Crippen LogP contribution in [0.25, 0.3) is 10.2 Å². The highest BCUT2D eigenvalue weighted by atomic mass is 32.1. The second-order valence-electron chi connectivity index (χ2n) is 5.75. The van der Waals surface area contributed by atoms with Gasteiger partial charge in [0.15, 0.2) is 0 Å². The van der Waals surface area contributed by atoms with Gasteiger partial charge in [-0.3, -0.25) is 14.2 Å². The molecule has 0 spiro atoms. The van der Waals surface area contributed by atoms with Crippen LogP contribution >= 0.6 is 11.3 Å². The molecule has 1 fully saturated rings. The average Bonchev–Trinajstić information content (AvgIpc) is 2.94. The van der Waals surface area contributed by atoms with Crippen molar-refractivity contribution in [3.8, 4) is 0 Å². The maximum absolute atomic E-state index is 12.2. The first-order chi connectivity index (χ1) is 10.1. The predicted molar refractivity (Wildman–Crippen MR) is 83.4 cm³/mol. The van der Waals surface area contributed by atoms with E-state index in [1.54, 1.807) is 0 Å². The Balaban J connectivity index is 1.71. The third-order valence-corrected chi connectivity index (χ3v) is 5.10. The Labute approximate surface area is 127 Å². The lowest BCUT2D eigenvalue weighted by molar-refractivity contribution is -0.123. The molecular formula is C15H19N3O2S. The molecule has 2 heterocycles. The van der Waals surface area contributed by atoms with E-state index in [0.29, 0.717) is 16.1 Å². The predicted octanol–water partition coefficient (Wildman–Crippen LogP) is 2.15. The lowest BCUT2D eigenvalue weighted by Crippen LogP contribution is -2.43. The normalized spacial score (nSPS) is 22.3. The van der Waals surface area contributed by atoms with Crippen LogP contribution in [0.3, 0.4) is 0 Å². The molecular weight excluding hydrogens is 286 g/mol. The summed E-state index contributed by atoms with van der Waals surface area (Å²) in [5.41, 5.74) is 0.560. The molecule has 112 valence electrons. The molecule has 0 unspecified atom stereocenters. The molecule has 0 aromatic carbocycles. The van der Waals surface area contributed by atoms with Crippen LogP contribution < -0.4 is 10.9 Å². The van der Waals surface area contributed by atoms with Gasteiger partial charge < -0.3 is 5.32 Å². The fourth-order valence-corrected chi connectivity index (χ4v) is 3.72. The van der Waals surface area contributed by atoms with E-state index in [4.69, 9.17) is 0 Å². The summed E-state index contributed by atoms with van der Waals surface area (Å²) in [5, 5.41) is 4.90. The van der Waals surface area contributed by atoms with Gasteiger partial charge in [-0.1, -0.05) is 19.8 Å². The van der Waals surface area contributed by atoms with E-state index in [2.05, 4.69) is 17.2 Å². The van der Waals surface area contributed by atoms with E-state index in [1.807, 2.05) is 11.4 Å². The molecule has 5 nitrogen and oxygen atoms in total. The molecule has 0 saturated heterocycles. The molecule has 1 amide bonds. The molecule has 2 aromatic heterocycles. The third-order valence-electron chi connectivity index (χ3n) is 4.21. The Morgan fingerprint density at radius 1 is 1.48 bits per heavy atom. The molecule has 1 saturated carbocycles. The van der Waals surface area contributed by atoms with E-state index in [9.17, 15) is 9.59 Å². The summed E-state index contributed by atoms with van der Waals surface area (Å²) in [6, 6.07) is 2.05. The van der Waals surface area contributed by atoms with Crippen LogP contribution in [0.5, 0.6) is 0 Å². The van der Waals surface area contributed by atoms with Gasteiger partial charge in [0, 0.05) is 6.04 Å². The number of fused-ring (bicyclic) bond motifs is 1. The maximum atomic E-state index is 12.2. The molecule has 1 N–H and O–H groups in total. The number of carbonyl (C=O) groups is 1. The van der Waals surface area contributed by atoms with Crippen molar-refractivity contribution in [2.45, 2.75) is 45.2 Å². The summed E-state index contributed by atoms with van der Waals surface area (Å²) in [6.45, 7) is 2.22. The van der Waals surface area contributed by atoms with Crippen molar-refractivity contribution in [1.29, 1.82) is 0 Å². The van der Waals surface area contributed by atoms with E-state index in [-0.39, 0.29) is 24.1 Å². The van der Waals surface area contributed by atoms with Crippen molar-refractivity contribution in [3.63, 3.8) is 0 Å². The number of rotatable bonds is 3. The lowest BCUT2D eigenvalue weighted by Gasteiger charge is -2.29. The second kappa shape index (κ2) is 5.97. The average molecular weight is 305 g/mol. The molecule has 3 rings (SSSR count). The van der Waals surface area contributed by atoms with Crippen LogP contribution in [-0.4, -0.2) is 21.5 Å².